The quantitative estimate of drug-likeness (QED) is 0.840. The average Bonchev–Trinajstić information content (AvgIpc) is 3.19. The molecule has 0 heterocycles. The molecule has 1 aromatic rings. The molecule has 1 amide bonds. The number of hydrogen-bond acceptors (Lipinski definition) is 3. The molecule has 1 aromatic carbocycles. The third kappa shape index (κ3) is 3.99. The lowest BCUT2D eigenvalue weighted by Gasteiger charge is -2.16. The van der Waals surface area contributed by atoms with Crippen molar-refractivity contribution >= 4 is 21.8 Å². The van der Waals surface area contributed by atoms with Crippen LogP contribution in [0, 0.1) is 5.92 Å². The standard InChI is InChI=1S/C13H17BrN2O2/c14-10-3-5-11(6-4-10)18-8-13(17)16-12(7-15)9-1-2-9/h3-6,9,12H,1-2,7-8,15H2,(H,16,17). The molecule has 1 atom stereocenters. The van der Waals surface area contributed by atoms with Gasteiger partial charge in [-0.25, -0.2) is 0 Å². The SMILES string of the molecule is NCC(NC(=O)COc1ccc(Br)cc1)C1CC1. The van der Waals surface area contributed by atoms with Gasteiger partial charge >= 0.3 is 0 Å². The molecule has 4 nitrogen and oxygen atoms in total. The molecule has 0 radical (unpaired) electrons. The number of carbonyl (C=O) groups excluding carboxylic acids is 1. The first-order valence-corrected chi connectivity index (χ1v) is 6.86. The Hall–Kier alpha value is -1.07. The maximum Gasteiger partial charge on any atom is 0.258 e. The van der Waals surface area contributed by atoms with E-state index in [0.29, 0.717) is 18.2 Å². The van der Waals surface area contributed by atoms with Crippen molar-refractivity contribution in [3.05, 3.63) is 28.7 Å². The van der Waals surface area contributed by atoms with Crippen LogP contribution in [0.2, 0.25) is 0 Å². The maximum atomic E-state index is 11.7. The van der Waals surface area contributed by atoms with Crippen molar-refractivity contribution in [1.82, 2.24) is 5.32 Å². The van der Waals surface area contributed by atoms with Crippen molar-refractivity contribution in [1.29, 1.82) is 0 Å². The second kappa shape index (κ2) is 6.20. The highest BCUT2D eigenvalue weighted by atomic mass is 79.9. The summed E-state index contributed by atoms with van der Waals surface area (Å²) >= 11 is 3.34. The van der Waals surface area contributed by atoms with Gasteiger partial charge in [0.05, 0.1) is 0 Å². The number of nitrogens with two attached hydrogens (primary N) is 1. The zero-order valence-electron chi connectivity index (χ0n) is 10.1. The van der Waals surface area contributed by atoms with Gasteiger partial charge in [0.15, 0.2) is 6.61 Å². The van der Waals surface area contributed by atoms with Crippen LogP contribution in [-0.2, 0) is 4.79 Å². The Bertz CT molecular complexity index is 404. The summed E-state index contributed by atoms with van der Waals surface area (Å²) < 4.78 is 6.38. The van der Waals surface area contributed by atoms with Crippen LogP contribution in [0.1, 0.15) is 12.8 Å². The number of carbonyl (C=O) groups is 1. The van der Waals surface area contributed by atoms with Gasteiger partial charge < -0.3 is 15.8 Å². The molecular weight excluding hydrogens is 296 g/mol. The zero-order chi connectivity index (χ0) is 13.0. The number of ether oxygens (including phenoxy) is 1. The van der Waals surface area contributed by atoms with Crippen LogP contribution >= 0.6 is 15.9 Å². The Balaban J connectivity index is 1.75. The highest BCUT2D eigenvalue weighted by Gasteiger charge is 2.31. The van der Waals surface area contributed by atoms with E-state index in [1.165, 1.54) is 0 Å². The normalized spacial score (nSPS) is 16.1. The summed E-state index contributed by atoms with van der Waals surface area (Å²) in [5, 5.41) is 2.91. The monoisotopic (exact) mass is 312 g/mol. The highest BCUT2D eigenvalue weighted by Crippen LogP contribution is 2.32. The van der Waals surface area contributed by atoms with Gasteiger partial charge in [-0.2, -0.15) is 0 Å². The fourth-order valence-electron chi connectivity index (χ4n) is 1.80. The van der Waals surface area contributed by atoms with Crippen LogP contribution in [0.25, 0.3) is 0 Å². The second-order valence-electron chi connectivity index (χ2n) is 4.49. The number of nitrogens with one attached hydrogen (secondary N) is 1. The Morgan fingerprint density at radius 1 is 1.44 bits per heavy atom. The smallest absolute Gasteiger partial charge is 0.258 e. The molecule has 1 saturated carbocycles. The summed E-state index contributed by atoms with van der Waals surface area (Å²) in [6.45, 7) is 0.527. The first kappa shape index (κ1) is 13.4. The van der Waals surface area contributed by atoms with E-state index in [1.54, 1.807) is 0 Å². The van der Waals surface area contributed by atoms with Crippen LogP contribution in [-0.4, -0.2) is 25.1 Å². The number of hydrogen-bond donors (Lipinski definition) is 2. The molecule has 5 heteroatoms. The molecule has 3 N–H and O–H groups in total. The van der Waals surface area contributed by atoms with Gasteiger partial charge in [-0.1, -0.05) is 15.9 Å². The predicted octanol–water partition coefficient (Wildman–Crippen LogP) is 1.68. The van der Waals surface area contributed by atoms with E-state index in [-0.39, 0.29) is 18.6 Å². The summed E-state index contributed by atoms with van der Waals surface area (Å²) in [7, 11) is 0. The van der Waals surface area contributed by atoms with E-state index in [9.17, 15) is 4.79 Å². The Morgan fingerprint density at radius 2 is 2.11 bits per heavy atom. The van der Waals surface area contributed by atoms with Gasteiger partial charge in [0.1, 0.15) is 5.75 Å². The van der Waals surface area contributed by atoms with Crippen LogP contribution in [0.5, 0.6) is 5.75 Å². The molecule has 1 unspecified atom stereocenters. The van der Waals surface area contributed by atoms with Crippen molar-refractivity contribution in [2.24, 2.45) is 11.7 Å². The molecule has 98 valence electrons. The topological polar surface area (TPSA) is 64.3 Å². The van der Waals surface area contributed by atoms with Gasteiger partial charge in [0.2, 0.25) is 0 Å². The molecule has 1 aliphatic rings. The molecule has 1 aliphatic carbocycles. The van der Waals surface area contributed by atoms with Crippen molar-refractivity contribution < 1.29 is 9.53 Å². The molecule has 0 saturated heterocycles. The van der Waals surface area contributed by atoms with Gasteiger partial charge in [-0.15, -0.1) is 0 Å². The van der Waals surface area contributed by atoms with Gasteiger partial charge in [0, 0.05) is 17.1 Å². The molecule has 1 fully saturated rings. The number of benzene rings is 1. The molecule has 0 bridgehead atoms. The van der Waals surface area contributed by atoms with E-state index in [0.717, 1.165) is 17.3 Å². The van der Waals surface area contributed by atoms with Crippen LogP contribution in [0.3, 0.4) is 0 Å². The number of rotatable bonds is 6. The van der Waals surface area contributed by atoms with Gasteiger partial charge in [-0.05, 0) is 43.0 Å². The third-order valence-electron chi connectivity index (χ3n) is 2.97. The lowest BCUT2D eigenvalue weighted by atomic mass is 10.2. The Labute approximate surface area is 115 Å². The molecule has 2 rings (SSSR count). The fraction of sp³-hybridized carbons (Fsp3) is 0.462. The second-order valence-corrected chi connectivity index (χ2v) is 5.41. The molecule has 0 aromatic heterocycles. The maximum absolute atomic E-state index is 11.7. The van der Waals surface area contributed by atoms with Crippen LogP contribution in [0.4, 0.5) is 0 Å². The predicted molar refractivity (Wildman–Crippen MR) is 73.3 cm³/mol. The number of halogens is 1. The molecule has 0 spiro atoms. The molecule has 18 heavy (non-hydrogen) atoms. The zero-order valence-corrected chi connectivity index (χ0v) is 11.7. The Kier molecular flexibility index (Phi) is 4.60. The van der Waals surface area contributed by atoms with Gasteiger partial charge in [-0.3, -0.25) is 4.79 Å². The number of amides is 1. The lowest BCUT2D eigenvalue weighted by Crippen LogP contribution is -2.43. The van der Waals surface area contributed by atoms with E-state index in [2.05, 4.69) is 21.2 Å². The Morgan fingerprint density at radius 3 is 2.67 bits per heavy atom. The van der Waals surface area contributed by atoms with Crippen molar-refractivity contribution in [3.8, 4) is 5.75 Å². The van der Waals surface area contributed by atoms with Crippen molar-refractivity contribution in [2.75, 3.05) is 13.2 Å². The molecular formula is C13H17BrN2O2. The third-order valence-corrected chi connectivity index (χ3v) is 3.50. The van der Waals surface area contributed by atoms with Crippen LogP contribution in [0.15, 0.2) is 28.7 Å². The van der Waals surface area contributed by atoms with E-state index in [4.69, 9.17) is 10.5 Å². The highest BCUT2D eigenvalue weighted by molar-refractivity contribution is 9.10. The lowest BCUT2D eigenvalue weighted by molar-refractivity contribution is -0.123. The largest absolute Gasteiger partial charge is 0.484 e. The first-order valence-electron chi connectivity index (χ1n) is 6.07. The van der Waals surface area contributed by atoms with Gasteiger partial charge in [0.25, 0.3) is 5.91 Å². The molecule has 0 aliphatic heterocycles. The van der Waals surface area contributed by atoms with Crippen LogP contribution < -0.4 is 15.8 Å². The summed E-state index contributed by atoms with van der Waals surface area (Å²) in [4.78, 5) is 11.7. The minimum absolute atomic E-state index is 0.0326. The first-order chi connectivity index (χ1) is 8.69. The van der Waals surface area contributed by atoms with Crippen molar-refractivity contribution in [2.45, 2.75) is 18.9 Å². The fourth-order valence-corrected chi connectivity index (χ4v) is 2.06. The average molecular weight is 313 g/mol. The minimum atomic E-state index is -0.111. The van der Waals surface area contributed by atoms with E-state index >= 15 is 0 Å². The summed E-state index contributed by atoms with van der Waals surface area (Å²) in [6, 6.07) is 7.49. The van der Waals surface area contributed by atoms with Crippen molar-refractivity contribution in [3.63, 3.8) is 0 Å². The minimum Gasteiger partial charge on any atom is -0.484 e. The van der Waals surface area contributed by atoms with E-state index in [1.807, 2.05) is 24.3 Å². The summed E-state index contributed by atoms with van der Waals surface area (Å²) in [5.41, 5.74) is 5.63. The van der Waals surface area contributed by atoms with E-state index < -0.39 is 0 Å². The summed E-state index contributed by atoms with van der Waals surface area (Å²) in [6.07, 6.45) is 2.32. The summed E-state index contributed by atoms with van der Waals surface area (Å²) in [5.74, 6) is 1.14.